The fourth-order valence-corrected chi connectivity index (χ4v) is 2.89. The Morgan fingerprint density at radius 1 is 1.43 bits per heavy atom. The van der Waals surface area contributed by atoms with Crippen LogP contribution in [0.3, 0.4) is 0 Å². The van der Waals surface area contributed by atoms with E-state index < -0.39 is 0 Å². The molecule has 0 spiro atoms. The highest BCUT2D eigenvalue weighted by atomic mass is 79.9. The molecule has 0 radical (unpaired) electrons. The van der Waals surface area contributed by atoms with Crippen molar-refractivity contribution < 1.29 is 14.3 Å². The van der Waals surface area contributed by atoms with Crippen LogP contribution in [0.15, 0.2) is 22.7 Å². The molecule has 0 saturated carbocycles. The molecule has 2 atom stereocenters. The van der Waals surface area contributed by atoms with E-state index in [1.54, 1.807) is 0 Å². The highest BCUT2D eigenvalue weighted by Crippen LogP contribution is 2.20. The van der Waals surface area contributed by atoms with E-state index in [-0.39, 0.29) is 30.4 Å². The summed E-state index contributed by atoms with van der Waals surface area (Å²) in [4.78, 5) is 24.0. The first-order valence-corrected chi connectivity index (χ1v) is 8.45. The molecule has 0 bridgehead atoms. The third-order valence-corrected chi connectivity index (χ3v) is 4.21. The van der Waals surface area contributed by atoms with Gasteiger partial charge >= 0.3 is 0 Å². The topological polar surface area (TPSA) is 79.5 Å². The summed E-state index contributed by atoms with van der Waals surface area (Å²) in [5, 5.41) is 8.74. The van der Waals surface area contributed by atoms with E-state index in [2.05, 4.69) is 31.9 Å². The second-order valence-corrected chi connectivity index (χ2v) is 6.47. The average Bonchev–Trinajstić information content (AvgIpc) is 2.50. The fourth-order valence-electron chi connectivity index (χ4n) is 2.42. The predicted octanol–water partition coefficient (Wildman–Crippen LogP) is 1.58. The van der Waals surface area contributed by atoms with Gasteiger partial charge in [-0.15, -0.1) is 0 Å². The number of aryl methyl sites for hydroxylation is 1. The quantitative estimate of drug-likeness (QED) is 0.720. The molecule has 7 heteroatoms. The van der Waals surface area contributed by atoms with Gasteiger partial charge in [0.25, 0.3) is 0 Å². The molecule has 0 aromatic heterocycles. The van der Waals surface area contributed by atoms with Gasteiger partial charge in [-0.25, -0.2) is 0 Å². The number of carbonyl (C=O) groups is 2. The molecular weight excluding hydrogens is 362 g/mol. The van der Waals surface area contributed by atoms with Gasteiger partial charge in [-0.3, -0.25) is 9.59 Å². The lowest BCUT2D eigenvalue weighted by molar-refractivity contribution is -0.128. The Morgan fingerprint density at radius 2 is 2.22 bits per heavy atom. The molecule has 1 aromatic rings. The molecule has 1 aliphatic rings. The number of hydrogen-bond donors (Lipinski definition) is 3. The van der Waals surface area contributed by atoms with Gasteiger partial charge in [0.1, 0.15) is 6.04 Å². The van der Waals surface area contributed by atoms with Crippen LogP contribution in [-0.2, 0) is 14.3 Å². The van der Waals surface area contributed by atoms with Crippen molar-refractivity contribution in [2.45, 2.75) is 32.4 Å². The molecule has 2 amide bonds. The van der Waals surface area contributed by atoms with Crippen molar-refractivity contribution in [3.05, 3.63) is 28.2 Å². The van der Waals surface area contributed by atoms with Gasteiger partial charge in [0.15, 0.2) is 0 Å². The first-order chi connectivity index (χ1) is 11.0. The van der Waals surface area contributed by atoms with E-state index in [0.717, 1.165) is 15.7 Å². The van der Waals surface area contributed by atoms with Gasteiger partial charge < -0.3 is 20.7 Å². The molecule has 126 valence electrons. The van der Waals surface area contributed by atoms with Gasteiger partial charge in [0.05, 0.1) is 12.7 Å². The van der Waals surface area contributed by atoms with Crippen molar-refractivity contribution in [3.8, 4) is 0 Å². The van der Waals surface area contributed by atoms with E-state index in [1.165, 1.54) is 0 Å². The molecule has 23 heavy (non-hydrogen) atoms. The molecule has 1 fully saturated rings. The summed E-state index contributed by atoms with van der Waals surface area (Å²) in [5.41, 5.74) is 1.76. The molecule has 6 nitrogen and oxygen atoms in total. The Labute approximate surface area is 144 Å². The van der Waals surface area contributed by atoms with Crippen molar-refractivity contribution in [1.29, 1.82) is 0 Å². The Bertz CT molecular complexity index is 580. The smallest absolute Gasteiger partial charge is 0.239 e. The average molecular weight is 384 g/mol. The second kappa shape index (κ2) is 8.42. The molecule has 0 aliphatic carbocycles. The predicted molar refractivity (Wildman–Crippen MR) is 92.3 cm³/mol. The Balaban J connectivity index is 1.75. The molecule has 1 aromatic carbocycles. The van der Waals surface area contributed by atoms with Crippen LogP contribution in [0.4, 0.5) is 5.69 Å². The minimum Gasteiger partial charge on any atom is -0.375 e. The molecular formula is C16H22BrN3O3. The van der Waals surface area contributed by atoms with E-state index in [9.17, 15) is 9.59 Å². The van der Waals surface area contributed by atoms with Crippen LogP contribution in [0.1, 0.15) is 18.9 Å². The number of anilines is 1. The molecule has 1 heterocycles. The molecule has 2 rings (SSSR count). The zero-order chi connectivity index (χ0) is 16.8. The zero-order valence-corrected chi connectivity index (χ0v) is 14.9. The fraction of sp³-hybridized carbons (Fsp3) is 0.500. The summed E-state index contributed by atoms with van der Waals surface area (Å²) in [5.74, 6) is -0.263. The number of carbonyl (C=O) groups excluding carboxylic acids is 2. The molecule has 0 unspecified atom stereocenters. The van der Waals surface area contributed by atoms with Gasteiger partial charge in [-0.1, -0.05) is 15.9 Å². The minimum atomic E-state index is -0.361. The highest BCUT2D eigenvalue weighted by Gasteiger charge is 2.27. The number of halogens is 1. The lowest BCUT2D eigenvalue weighted by atomic mass is 10.1. The van der Waals surface area contributed by atoms with Crippen molar-refractivity contribution in [3.63, 3.8) is 0 Å². The zero-order valence-electron chi connectivity index (χ0n) is 13.3. The second-order valence-electron chi connectivity index (χ2n) is 5.56. The first-order valence-electron chi connectivity index (χ1n) is 7.66. The number of ether oxygens (including phenoxy) is 1. The monoisotopic (exact) mass is 383 g/mol. The van der Waals surface area contributed by atoms with Crippen LogP contribution < -0.4 is 16.0 Å². The number of hydrogen-bond acceptors (Lipinski definition) is 4. The lowest BCUT2D eigenvalue weighted by Crippen LogP contribution is -2.55. The van der Waals surface area contributed by atoms with E-state index in [4.69, 9.17) is 4.74 Å². The van der Waals surface area contributed by atoms with Crippen LogP contribution in [0.5, 0.6) is 0 Å². The van der Waals surface area contributed by atoms with E-state index in [1.807, 2.05) is 32.0 Å². The maximum absolute atomic E-state index is 12.0. The van der Waals surface area contributed by atoms with Crippen LogP contribution >= 0.6 is 15.9 Å². The number of morpholine rings is 1. The lowest BCUT2D eigenvalue weighted by Gasteiger charge is -2.29. The van der Waals surface area contributed by atoms with Gasteiger partial charge in [-0.05, 0) is 37.6 Å². The Hall–Kier alpha value is -1.44. The largest absolute Gasteiger partial charge is 0.375 e. The van der Waals surface area contributed by atoms with E-state index in [0.29, 0.717) is 19.7 Å². The SMILES string of the molecule is Cc1cc(Br)ccc1NC(=O)CCNC(=O)[C@H]1NCCO[C@@H]1C. The van der Waals surface area contributed by atoms with Gasteiger partial charge in [0.2, 0.25) is 11.8 Å². The van der Waals surface area contributed by atoms with Crippen LogP contribution in [0.2, 0.25) is 0 Å². The molecule has 1 aliphatic heterocycles. The maximum atomic E-state index is 12.0. The number of rotatable bonds is 5. The van der Waals surface area contributed by atoms with Crippen molar-refractivity contribution in [2.75, 3.05) is 25.0 Å². The van der Waals surface area contributed by atoms with Crippen molar-refractivity contribution >= 4 is 33.4 Å². The van der Waals surface area contributed by atoms with Crippen molar-refractivity contribution in [2.24, 2.45) is 0 Å². The molecule has 1 saturated heterocycles. The number of nitrogens with one attached hydrogen (secondary N) is 3. The van der Waals surface area contributed by atoms with E-state index >= 15 is 0 Å². The van der Waals surface area contributed by atoms with Gasteiger partial charge in [-0.2, -0.15) is 0 Å². The third-order valence-electron chi connectivity index (χ3n) is 3.71. The number of amides is 2. The van der Waals surface area contributed by atoms with Crippen molar-refractivity contribution in [1.82, 2.24) is 10.6 Å². The highest BCUT2D eigenvalue weighted by molar-refractivity contribution is 9.10. The maximum Gasteiger partial charge on any atom is 0.239 e. The summed E-state index contributed by atoms with van der Waals surface area (Å²) < 4.78 is 6.40. The van der Waals surface area contributed by atoms with Crippen LogP contribution in [0.25, 0.3) is 0 Å². The summed E-state index contributed by atoms with van der Waals surface area (Å²) >= 11 is 3.39. The van der Waals surface area contributed by atoms with Crippen LogP contribution in [-0.4, -0.2) is 43.7 Å². The van der Waals surface area contributed by atoms with Gasteiger partial charge in [0, 0.05) is 29.7 Å². The Morgan fingerprint density at radius 3 is 2.91 bits per heavy atom. The van der Waals surface area contributed by atoms with Crippen LogP contribution in [0, 0.1) is 6.92 Å². The summed E-state index contributed by atoms with van der Waals surface area (Å²) in [6.45, 7) is 5.36. The molecule has 3 N–H and O–H groups in total. The summed E-state index contributed by atoms with van der Waals surface area (Å²) in [7, 11) is 0. The summed E-state index contributed by atoms with van der Waals surface area (Å²) in [6, 6.07) is 5.30. The first kappa shape index (κ1) is 17.9. The summed E-state index contributed by atoms with van der Waals surface area (Å²) in [6.07, 6.45) is 0.0615. The number of benzene rings is 1. The minimum absolute atomic E-state index is 0.128. The Kier molecular flexibility index (Phi) is 6.56. The third kappa shape index (κ3) is 5.30. The standard InChI is InChI=1S/C16H22BrN3O3/c1-10-9-12(17)3-4-13(10)20-14(21)5-6-19-16(22)15-11(2)23-8-7-18-15/h3-4,9,11,15,18H,5-8H2,1-2H3,(H,19,22)(H,20,21)/t11-,15+/m1/s1. The normalized spacial score (nSPS) is 20.8.